The van der Waals surface area contributed by atoms with Crippen molar-refractivity contribution in [3.63, 3.8) is 0 Å². The molecule has 0 aliphatic heterocycles. The van der Waals surface area contributed by atoms with E-state index in [2.05, 4.69) is 10.6 Å². The minimum Gasteiger partial charge on any atom is -0.321 e. The number of nitro benzene ring substituents is 1. The number of benzene rings is 3. The van der Waals surface area contributed by atoms with Gasteiger partial charge in [0, 0.05) is 12.1 Å². The molecular weight excluding hydrogens is 417 g/mol. The van der Waals surface area contributed by atoms with E-state index in [-0.39, 0.29) is 27.5 Å². The SMILES string of the molecule is O=C(Nc1ccccc1C(=O)Nc1ccccc1Cl)c1ccc([N+](=O)[O-])cc1Cl. The van der Waals surface area contributed by atoms with E-state index in [0.717, 1.165) is 6.07 Å². The molecule has 2 amide bonds. The summed E-state index contributed by atoms with van der Waals surface area (Å²) < 4.78 is 0. The van der Waals surface area contributed by atoms with E-state index in [1.807, 2.05) is 0 Å². The molecule has 0 radical (unpaired) electrons. The van der Waals surface area contributed by atoms with Crippen molar-refractivity contribution in [2.24, 2.45) is 0 Å². The molecule has 7 nitrogen and oxygen atoms in total. The molecule has 29 heavy (non-hydrogen) atoms. The van der Waals surface area contributed by atoms with Crippen LogP contribution in [0.15, 0.2) is 66.7 Å². The Morgan fingerprint density at radius 1 is 0.759 bits per heavy atom. The largest absolute Gasteiger partial charge is 0.321 e. The number of non-ortho nitro benzene ring substituents is 1. The van der Waals surface area contributed by atoms with Crippen molar-refractivity contribution in [3.05, 3.63) is 98.0 Å². The Balaban J connectivity index is 1.84. The minimum absolute atomic E-state index is 0.0404. The van der Waals surface area contributed by atoms with Crippen LogP contribution in [0.2, 0.25) is 10.0 Å². The lowest BCUT2D eigenvalue weighted by atomic mass is 10.1. The lowest BCUT2D eigenvalue weighted by molar-refractivity contribution is -0.384. The minimum atomic E-state index is -0.609. The molecule has 3 aromatic rings. The van der Waals surface area contributed by atoms with Gasteiger partial charge in [0.15, 0.2) is 0 Å². The number of carbonyl (C=O) groups is 2. The van der Waals surface area contributed by atoms with E-state index in [0.29, 0.717) is 10.7 Å². The molecule has 146 valence electrons. The van der Waals surface area contributed by atoms with Gasteiger partial charge in [-0.15, -0.1) is 0 Å². The number of rotatable bonds is 5. The van der Waals surface area contributed by atoms with E-state index in [1.54, 1.807) is 48.5 Å². The summed E-state index contributed by atoms with van der Waals surface area (Å²) in [4.78, 5) is 35.5. The molecule has 0 heterocycles. The average molecular weight is 430 g/mol. The Morgan fingerprint density at radius 3 is 2.00 bits per heavy atom. The van der Waals surface area contributed by atoms with Crippen molar-refractivity contribution in [1.29, 1.82) is 0 Å². The van der Waals surface area contributed by atoms with Crippen LogP contribution in [0.25, 0.3) is 0 Å². The van der Waals surface area contributed by atoms with Crippen molar-refractivity contribution >= 4 is 52.1 Å². The molecule has 3 aromatic carbocycles. The summed E-state index contributed by atoms with van der Waals surface area (Å²) in [6.07, 6.45) is 0. The highest BCUT2D eigenvalue weighted by molar-refractivity contribution is 6.35. The molecule has 0 bridgehead atoms. The third kappa shape index (κ3) is 4.71. The molecule has 2 N–H and O–H groups in total. The second-order valence-electron chi connectivity index (χ2n) is 5.85. The van der Waals surface area contributed by atoms with Crippen LogP contribution in [0.4, 0.5) is 17.1 Å². The number of nitro groups is 1. The first-order chi connectivity index (χ1) is 13.9. The average Bonchev–Trinajstić information content (AvgIpc) is 2.69. The third-order valence-electron chi connectivity index (χ3n) is 3.95. The number of hydrogen-bond donors (Lipinski definition) is 2. The van der Waals surface area contributed by atoms with Gasteiger partial charge in [-0.1, -0.05) is 47.5 Å². The first kappa shape index (κ1) is 20.3. The van der Waals surface area contributed by atoms with Crippen LogP contribution in [0, 0.1) is 10.1 Å². The van der Waals surface area contributed by atoms with E-state index in [4.69, 9.17) is 23.2 Å². The maximum atomic E-state index is 12.7. The Morgan fingerprint density at radius 2 is 1.34 bits per heavy atom. The van der Waals surface area contributed by atoms with E-state index in [1.165, 1.54) is 12.1 Å². The Bertz CT molecular complexity index is 1120. The maximum absolute atomic E-state index is 12.7. The van der Waals surface area contributed by atoms with Gasteiger partial charge in [0.05, 0.1) is 37.5 Å². The molecule has 0 saturated heterocycles. The van der Waals surface area contributed by atoms with Gasteiger partial charge in [-0.05, 0) is 30.3 Å². The fourth-order valence-electron chi connectivity index (χ4n) is 2.53. The molecule has 9 heteroatoms. The van der Waals surface area contributed by atoms with Crippen LogP contribution in [-0.4, -0.2) is 16.7 Å². The molecule has 0 aliphatic rings. The summed E-state index contributed by atoms with van der Waals surface area (Å²) in [5, 5.41) is 16.4. The van der Waals surface area contributed by atoms with Gasteiger partial charge in [-0.3, -0.25) is 19.7 Å². The zero-order chi connectivity index (χ0) is 21.0. The fraction of sp³-hybridized carbons (Fsp3) is 0. The lowest BCUT2D eigenvalue weighted by Crippen LogP contribution is -2.18. The molecule has 3 rings (SSSR count). The Kier molecular flexibility index (Phi) is 6.11. The number of carbonyl (C=O) groups excluding carboxylic acids is 2. The van der Waals surface area contributed by atoms with Gasteiger partial charge in [0.2, 0.25) is 0 Å². The zero-order valence-electron chi connectivity index (χ0n) is 14.7. The maximum Gasteiger partial charge on any atom is 0.270 e. The normalized spacial score (nSPS) is 10.3. The number of nitrogens with one attached hydrogen (secondary N) is 2. The molecule has 0 saturated carbocycles. The first-order valence-electron chi connectivity index (χ1n) is 8.27. The zero-order valence-corrected chi connectivity index (χ0v) is 16.2. The van der Waals surface area contributed by atoms with Crippen LogP contribution in [-0.2, 0) is 0 Å². The summed E-state index contributed by atoms with van der Waals surface area (Å²) in [5.74, 6) is -1.08. The van der Waals surface area contributed by atoms with Crippen molar-refractivity contribution in [1.82, 2.24) is 0 Å². The van der Waals surface area contributed by atoms with Crippen LogP contribution in [0.3, 0.4) is 0 Å². The molecule has 0 atom stereocenters. The summed E-state index contributed by atoms with van der Waals surface area (Å²) in [5.41, 5.74) is 0.693. The molecule has 0 fully saturated rings. The quantitative estimate of drug-likeness (QED) is 0.418. The van der Waals surface area contributed by atoms with Gasteiger partial charge < -0.3 is 10.6 Å². The number of anilines is 2. The summed E-state index contributed by atoms with van der Waals surface area (Å²) in [6, 6.07) is 16.7. The van der Waals surface area contributed by atoms with Crippen molar-refractivity contribution in [3.8, 4) is 0 Å². The smallest absolute Gasteiger partial charge is 0.270 e. The molecular formula is C20H13Cl2N3O4. The molecule has 0 unspecified atom stereocenters. The Labute approximate surface area is 175 Å². The topological polar surface area (TPSA) is 101 Å². The van der Waals surface area contributed by atoms with Crippen LogP contribution >= 0.6 is 23.2 Å². The number of halogens is 2. The second-order valence-corrected chi connectivity index (χ2v) is 6.67. The number of hydrogen-bond acceptors (Lipinski definition) is 4. The Hall–Kier alpha value is -3.42. The number of amides is 2. The highest BCUT2D eigenvalue weighted by atomic mass is 35.5. The molecule has 0 aromatic heterocycles. The van der Waals surface area contributed by atoms with Crippen LogP contribution in [0.1, 0.15) is 20.7 Å². The van der Waals surface area contributed by atoms with Gasteiger partial charge in [0.25, 0.3) is 17.5 Å². The lowest BCUT2D eigenvalue weighted by Gasteiger charge is -2.12. The van der Waals surface area contributed by atoms with Gasteiger partial charge in [-0.25, -0.2) is 0 Å². The number of para-hydroxylation sites is 2. The highest BCUT2D eigenvalue weighted by Gasteiger charge is 2.18. The molecule has 0 spiro atoms. The fourth-order valence-corrected chi connectivity index (χ4v) is 2.98. The molecule has 0 aliphatic carbocycles. The monoisotopic (exact) mass is 429 g/mol. The standard InChI is InChI=1S/C20H13Cl2N3O4/c21-15-6-2-4-8-18(15)24-20(27)14-5-1-3-7-17(14)23-19(26)13-10-9-12(25(28)29)11-16(13)22/h1-11H,(H,23,26)(H,24,27). The summed E-state index contributed by atoms with van der Waals surface area (Å²) in [7, 11) is 0. The van der Waals surface area contributed by atoms with Gasteiger partial charge in [0.1, 0.15) is 0 Å². The summed E-state index contributed by atoms with van der Waals surface area (Å²) >= 11 is 12.1. The van der Waals surface area contributed by atoms with Crippen LogP contribution < -0.4 is 10.6 Å². The van der Waals surface area contributed by atoms with Gasteiger partial charge >= 0.3 is 0 Å². The van der Waals surface area contributed by atoms with Gasteiger partial charge in [-0.2, -0.15) is 0 Å². The van der Waals surface area contributed by atoms with E-state index >= 15 is 0 Å². The predicted octanol–water partition coefficient (Wildman–Crippen LogP) is 5.41. The van der Waals surface area contributed by atoms with E-state index in [9.17, 15) is 19.7 Å². The highest BCUT2D eigenvalue weighted by Crippen LogP contribution is 2.26. The first-order valence-corrected chi connectivity index (χ1v) is 9.02. The predicted molar refractivity (Wildman–Crippen MR) is 112 cm³/mol. The van der Waals surface area contributed by atoms with Crippen molar-refractivity contribution in [2.75, 3.05) is 10.6 Å². The van der Waals surface area contributed by atoms with E-state index < -0.39 is 16.7 Å². The van der Waals surface area contributed by atoms with Crippen LogP contribution in [0.5, 0.6) is 0 Å². The summed E-state index contributed by atoms with van der Waals surface area (Å²) in [6.45, 7) is 0. The second kappa shape index (κ2) is 8.72. The third-order valence-corrected chi connectivity index (χ3v) is 4.59. The number of nitrogens with zero attached hydrogens (tertiary/aromatic N) is 1. The van der Waals surface area contributed by atoms with Crippen molar-refractivity contribution < 1.29 is 14.5 Å². The van der Waals surface area contributed by atoms with Crippen molar-refractivity contribution in [2.45, 2.75) is 0 Å².